The molecule has 1 rings (SSSR count). The molecule has 0 spiro atoms. The van der Waals surface area contributed by atoms with Gasteiger partial charge in [0.15, 0.2) is 0 Å². The fourth-order valence-corrected chi connectivity index (χ4v) is 3.99. The maximum absolute atomic E-state index is 14.1. The third kappa shape index (κ3) is 9.90. The monoisotopic (exact) mass is 489 g/mol. The minimum Gasteiger partial charge on any atom is -0.444 e. The Kier molecular flexibility index (Phi) is 10.4. The van der Waals surface area contributed by atoms with E-state index in [0.29, 0.717) is 6.42 Å². The van der Waals surface area contributed by atoms with Crippen molar-refractivity contribution in [2.45, 2.75) is 119 Å². The van der Waals surface area contributed by atoms with Gasteiger partial charge in [0.2, 0.25) is 11.8 Å². The van der Waals surface area contributed by atoms with Crippen LogP contribution in [-0.4, -0.2) is 46.0 Å². The van der Waals surface area contributed by atoms with Crippen molar-refractivity contribution >= 4 is 17.9 Å². The normalized spacial score (nSPS) is 13.9. The molecular weight excluding hydrogens is 442 g/mol. The highest BCUT2D eigenvalue weighted by Crippen LogP contribution is 2.29. The fourth-order valence-electron chi connectivity index (χ4n) is 3.99. The number of alkyl carbamates (subject to hydrolysis) is 1. The molecule has 0 aliphatic rings. The SMILES string of the molecule is Cc1ccc(C(C(=O)NC(C)(C)C)N(C(=O)C(CC(C)C)NC(=O)OC(C)(C)C)C(C)C)c(C)c1. The van der Waals surface area contributed by atoms with Gasteiger partial charge < -0.3 is 20.3 Å². The van der Waals surface area contributed by atoms with Crippen molar-refractivity contribution in [2.75, 3.05) is 0 Å². The van der Waals surface area contributed by atoms with E-state index in [-0.39, 0.29) is 23.8 Å². The fraction of sp³-hybridized carbons (Fsp3) is 0.679. The van der Waals surface area contributed by atoms with Gasteiger partial charge in [0.1, 0.15) is 17.7 Å². The van der Waals surface area contributed by atoms with Crippen molar-refractivity contribution in [3.05, 3.63) is 34.9 Å². The smallest absolute Gasteiger partial charge is 0.408 e. The summed E-state index contributed by atoms with van der Waals surface area (Å²) in [6.07, 6.45) is -0.232. The van der Waals surface area contributed by atoms with Crippen LogP contribution in [0.4, 0.5) is 4.79 Å². The molecule has 0 saturated heterocycles. The number of carbonyl (C=O) groups is 3. The van der Waals surface area contributed by atoms with Gasteiger partial charge >= 0.3 is 6.09 Å². The predicted octanol–water partition coefficient (Wildman–Crippen LogP) is 5.44. The Balaban J connectivity index is 3.56. The zero-order valence-electron chi connectivity index (χ0n) is 23.8. The zero-order valence-corrected chi connectivity index (χ0v) is 23.8. The molecule has 0 aromatic heterocycles. The average Bonchev–Trinajstić information content (AvgIpc) is 2.62. The number of aryl methyl sites for hydroxylation is 2. The summed E-state index contributed by atoms with van der Waals surface area (Å²) < 4.78 is 5.43. The van der Waals surface area contributed by atoms with Gasteiger partial charge in [-0.05, 0) is 92.7 Å². The molecule has 0 fully saturated rings. The third-order valence-electron chi connectivity index (χ3n) is 5.25. The van der Waals surface area contributed by atoms with Crippen LogP contribution in [0, 0.1) is 19.8 Å². The number of nitrogens with one attached hydrogen (secondary N) is 2. The first-order valence-corrected chi connectivity index (χ1v) is 12.5. The molecule has 3 amide bonds. The molecule has 1 aromatic carbocycles. The van der Waals surface area contributed by atoms with E-state index in [1.807, 2.05) is 80.5 Å². The van der Waals surface area contributed by atoms with Gasteiger partial charge in [0.25, 0.3) is 0 Å². The molecule has 7 heteroatoms. The summed E-state index contributed by atoms with van der Waals surface area (Å²) in [6, 6.07) is 3.90. The maximum Gasteiger partial charge on any atom is 0.408 e. The van der Waals surface area contributed by atoms with Crippen LogP contribution in [0.15, 0.2) is 18.2 Å². The van der Waals surface area contributed by atoms with E-state index in [4.69, 9.17) is 4.74 Å². The van der Waals surface area contributed by atoms with Crippen LogP contribution >= 0.6 is 0 Å². The van der Waals surface area contributed by atoms with Gasteiger partial charge in [-0.15, -0.1) is 0 Å². The van der Waals surface area contributed by atoms with Gasteiger partial charge in [0, 0.05) is 11.6 Å². The number of rotatable bonds is 8. The maximum atomic E-state index is 14.1. The molecule has 0 heterocycles. The van der Waals surface area contributed by atoms with E-state index >= 15 is 0 Å². The first kappa shape index (κ1) is 30.5. The molecule has 1 aromatic rings. The molecule has 2 unspecified atom stereocenters. The second kappa shape index (κ2) is 11.9. The lowest BCUT2D eigenvalue weighted by atomic mass is 9.93. The Morgan fingerprint density at radius 3 is 1.97 bits per heavy atom. The van der Waals surface area contributed by atoms with E-state index < -0.39 is 29.3 Å². The topological polar surface area (TPSA) is 87.7 Å². The number of amides is 3. The van der Waals surface area contributed by atoms with E-state index in [0.717, 1.165) is 16.7 Å². The number of hydrogen-bond donors (Lipinski definition) is 2. The quantitative estimate of drug-likeness (QED) is 0.509. The molecule has 198 valence electrons. The van der Waals surface area contributed by atoms with Crippen molar-refractivity contribution in [3.63, 3.8) is 0 Å². The van der Waals surface area contributed by atoms with Crippen molar-refractivity contribution in [3.8, 4) is 0 Å². The summed E-state index contributed by atoms with van der Waals surface area (Å²) in [5.74, 6) is -0.434. The first-order valence-electron chi connectivity index (χ1n) is 12.5. The predicted molar refractivity (Wildman–Crippen MR) is 141 cm³/mol. The molecule has 0 radical (unpaired) electrons. The summed E-state index contributed by atoms with van der Waals surface area (Å²) >= 11 is 0. The van der Waals surface area contributed by atoms with Crippen molar-refractivity contribution < 1.29 is 19.1 Å². The number of carbonyl (C=O) groups excluding carboxylic acids is 3. The summed E-state index contributed by atoms with van der Waals surface area (Å²) in [5, 5.41) is 5.83. The third-order valence-corrected chi connectivity index (χ3v) is 5.25. The lowest BCUT2D eigenvalue weighted by molar-refractivity contribution is -0.145. The first-order chi connectivity index (χ1) is 15.8. The van der Waals surface area contributed by atoms with Crippen LogP contribution in [-0.2, 0) is 14.3 Å². The van der Waals surface area contributed by atoms with Crippen LogP contribution in [0.5, 0.6) is 0 Å². The van der Waals surface area contributed by atoms with Gasteiger partial charge in [-0.25, -0.2) is 4.79 Å². The van der Waals surface area contributed by atoms with Gasteiger partial charge in [-0.1, -0.05) is 37.6 Å². The van der Waals surface area contributed by atoms with Gasteiger partial charge in [-0.2, -0.15) is 0 Å². The molecule has 0 bridgehead atoms. The van der Waals surface area contributed by atoms with Crippen LogP contribution in [0.2, 0.25) is 0 Å². The van der Waals surface area contributed by atoms with Crippen molar-refractivity contribution in [1.82, 2.24) is 15.5 Å². The highest BCUT2D eigenvalue weighted by atomic mass is 16.6. The van der Waals surface area contributed by atoms with E-state index in [1.54, 1.807) is 25.7 Å². The highest BCUT2D eigenvalue weighted by molar-refractivity contribution is 5.92. The summed E-state index contributed by atoms with van der Waals surface area (Å²) in [6.45, 7) is 22.8. The Hall–Kier alpha value is -2.57. The molecule has 7 nitrogen and oxygen atoms in total. The van der Waals surface area contributed by atoms with E-state index in [9.17, 15) is 14.4 Å². The van der Waals surface area contributed by atoms with Crippen LogP contribution in [0.25, 0.3) is 0 Å². The number of ether oxygens (including phenoxy) is 1. The Morgan fingerprint density at radius 2 is 1.54 bits per heavy atom. The summed E-state index contributed by atoms with van der Waals surface area (Å²) in [5.41, 5.74) is 1.60. The van der Waals surface area contributed by atoms with Gasteiger partial charge in [-0.3, -0.25) is 9.59 Å². The molecule has 2 N–H and O–H groups in total. The second-order valence-electron chi connectivity index (χ2n) is 12.2. The number of hydrogen-bond acceptors (Lipinski definition) is 4. The lowest BCUT2D eigenvalue weighted by Gasteiger charge is -2.39. The molecule has 0 aliphatic heterocycles. The minimum atomic E-state index is -0.850. The lowest BCUT2D eigenvalue weighted by Crippen LogP contribution is -2.56. The number of nitrogens with zero attached hydrogens (tertiary/aromatic N) is 1. The molecule has 2 atom stereocenters. The van der Waals surface area contributed by atoms with Crippen LogP contribution < -0.4 is 10.6 Å². The van der Waals surface area contributed by atoms with E-state index in [2.05, 4.69) is 10.6 Å². The Labute approximate surface area is 212 Å². The Morgan fingerprint density at radius 1 is 0.971 bits per heavy atom. The minimum absolute atomic E-state index is 0.135. The molecule has 0 saturated carbocycles. The standard InChI is InChI=1S/C28H47N3O4/c1-17(2)15-22(29-26(34)35-28(10,11)12)25(33)31(18(3)4)23(24(32)30-27(7,8)9)21-14-13-19(5)16-20(21)6/h13-14,16-18,22-23H,15H2,1-12H3,(H,29,34)(H,30,32). The number of benzene rings is 1. The highest BCUT2D eigenvalue weighted by Gasteiger charge is 2.39. The second-order valence-corrected chi connectivity index (χ2v) is 12.2. The summed E-state index contributed by atoms with van der Waals surface area (Å²) in [7, 11) is 0. The summed E-state index contributed by atoms with van der Waals surface area (Å²) in [4.78, 5) is 42.0. The largest absolute Gasteiger partial charge is 0.444 e. The van der Waals surface area contributed by atoms with E-state index in [1.165, 1.54) is 0 Å². The average molecular weight is 490 g/mol. The van der Waals surface area contributed by atoms with Crippen LogP contribution in [0.1, 0.15) is 98.4 Å². The van der Waals surface area contributed by atoms with Crippen molar-refractivity contribution in [2.24, 2.45) is 5.92 Å². The van der Waals surface area contributed by atoms with Crippen molar-refractivity contribution in [1.29, 1.82) is 0 Å². The Bertz CT molecular complexity index is 894. The zero-order chi connectivity index (χ0) is 27.3. The molecule has 0 aliphatic carbocycles. The van der Waals surface area contributed by atoms with Crippen LogP contribution in [0.3, 0.4) is 0 Å². The molecule has 35 heavy (non-hydrogen) atoms. The molecular formula is C28H47N3O4. The van der Waals surface area contributed by atoms with Gasteiger partial charge in [0.05, 0.1) is 0 Å².